The van der Waals surface area contributed by atoms with E-state index >= 15 is 0 Å². The molecular weight excluding hydrogens is 434 g/mol. The molecule has 10 heteroatoms. The minimum Gasteiger partial charge on any atom is -0.493 e. The average Bonchev–Trinajstić information content (AvgIpc) is 3.45. The number of anilines is 2. The highest BCUT2D eigenvalue weighted by Gasteiger charge is 2.17. The van der Waals surface area contributed by atoms with Gasteiger partial charge in [0.2, 0.25) is 5.75 Å². The molecule has 1 N–H and O–H groups in total. The molecule has 0 saturated heterocycles. The number of fused-ring (bicyclic) bond motifs is 1. The predicted octanol–water partition coefficient (Wildman–Crippen LogP) is 4.56. The lowest BCUT2D eigenvalue weighted by molar-refractivity contribution is 0.324. The van der Waals surface area contributed by atoms with Crippen LogP contribution in [0.2, 0.25) is 0 Å². The van der Waals surface area contributed by atoms with Crippen molar-refractivity contribution in [2.75, 3.05) is 26.6 Å². The Morgan fingerprint density at radius 3 is 2.26 bits per heavy atom. The van der Waals surface area contributed by atoms with E-state index in [1.807, 2.05) is 27.6 Å². The zero-order valence-corrected chi connectivity index (χ0v) is 20.7. The van der Waals surface area contributed by atoms with Crippen LogP contribution in [-0.4, -0.2) is 50.6 Å². The second kappa shape index (κ2) is 9.58. The second-order valence-electron chi connectivity index (χ2n) is 8.68. The topological polar surface area (TPSA) is 101 Å². The number of aromatic nitrogens is 6. The van der Waals surface area contributed by atoms with E-state index < -0.39 is 0 Å². The van der Waals surface area contributed by atoms with Crippen molar-refractivity contribution in [3.63, 3.8) is 0 Å². The Kier molecular flexibility index (Phi) is 6.58. The summed E-state index contributed by atoms with van der Waals surface area (Å²) in [7, 11) is 4.76. The summed E-state index contributed by atoms with van der Waals surface area (Å²) in [5, 5.41) is 8.74. The lowest BCUT2D eigenvalue weighted by atomic mass is 10.1. The fourth-order valence-corrected chi connectivity index (χ4v) is 3.77. The van der Waals surface area contributed by atoms with Gasteiger partial charge in [0.1, 0.15) is 23.8 Å². The Balaban J connectivity index is 1.72. The molecule has 10 nitrogen and oxygen atoms in total. The smallest absolute Gasteiger partial charge is 0.203 e. The van der Waals surface area contributed by atoms with Crippen molar-refractivity contribution >= 4 is 22.7 Å². The van der Waals surface area contributed by atoms with Crippen molar-refractivity contribution in [3.8, 4) is 22.9 Å². The summed E-state index contributed by atoms with van der Waals surface area (Å²) < 4.78 is 20.2. The van der Waals surface area contributed by atoms with E-state index in [0.29, 0.717) is 34.8 Å². The number of methoxy groups -OCH3 is 3. The van der Waals surface area contributed by atoms with Crippen LogP contribution < -0.4 is 19.5 Å². The van der Waals surface area contributed by atoms with Gasteiger partial charge in [0.05, 0.1) is 44.8 Å². The lowest BCUT2D eigenvalue weighted by Gasteiger charge is -2.14. The summed E-state index contributed by atoms with van der Waals surface area (Å²) in [4.78, 5) is 14.1. The molecule has 4 rings (SSSR count). The number of rotatable bonds is 9. The molecule has 0 unspecified atom stereocenters. The Bertz CT molecular complexity index is 1270. The van der Waals surface area contributed by atoms with E-state index in [1.165, 1.54) is 0 Å². The van der Waals surface area contributed by atoms with Gasteiger partial charge in [0.25, 0.3) is 0 Å². The molecular formula is C24H31N7O3. The summed E-state index contributed by atoms with van der Waals surface area (Å²) in [6.45, 7) is 8.48. The summed E-state index contributed by atoms with van der Waals surface area (Å²) >= 11 is 0. The van der Waals surface area contributed by atoms with Crippen LogP contribution in [0.3, 0.4) is 0 Å². The van der Waals surface area contributed by atoms with Crippen LogP contribution >= 0.6 is 0 Å². The number of nitrogens with zero attached hydrogens (tertiary/aromatic N) is 6. The molecule has 0 aliphatic rings. The van der Waals surface area contributed by atoms with Crippen LogP contribution in [0.15, 0.2) is 30.9 Å². The molecule has 0 aliphatic carbocycles. The third kappa shape index (κ3) is 4.48. The molecule has 0 fully saturated rings. The number of imidazole rings is 1. The Hall–Kier alpha value is -3.82. The van der Waals surface area contributed by atoms with Gasteiger partial charge in [0.15, 0.2) is 17.1 Å². The molecule has 0 bridgehead atoms. The van der Waals surface area contributed by atoms with Gasteiger partial charge >= 0.3 is 0 Å². The molecule has 0 atom stereocenters. The second-order valence-corrected chi connectivity index (χ2v) is 8.68. The highest BCUT2D eigenvalue weighted by Crippen LogP contribution is 2.39. The van der Waals surface area contributed by atoms with Crippen LogP contribution in [0, 0.1) is 5.92 Å². The van der Waals surface area contributed by atoms with Gasteiger partial charge in [-0.1, -0.05) is 13.8 Å². The maximum Gasteiger partial charge on any atom is 0.203 e. The Labute approximate surface area is 198 Å². The first-order chi connectivity index (χ1) is 16.3. The maximum atomic E-state index is 5.48. The van der Waals surface area contributed by atoms with E-state index in [4.69, 9.17) is 24.2 Å². The van der Waals surface area contributed by atoms with Gasteiger partial charge in [-0.2, -0.15) is 5.10 Å². The maximum absolute atomic E-state index is 5.48. The van der Waals surface area contributed by atoms with Crippen molar-refractivity contribution in [3.05, 3.63) is 36.7 Å². The normalized spacial score (nSPS) is 11.4. The third-order valence-electron chi connectivity index (χ3n) is 5.36. The third-order valence-corrected chi connectivity index (χ3v) is 5.36. The molecule has 0 radical (unpaired) electrons. The fourth-order valence-electron chi connectivity index (χ4n) is 3.77. The molecule has 180 valence electrons. The van der Waals surface area contributed by atoms with E-state index in [-0.39, 0.29) is 6.04 Å². The van der Waals surface area contributed by atoms with E-state index in [2.05, 4.69) is 43.1 Å². The summed E-state index contributed by atoms with van der Waals surface area (Å²) in [5.74, 6) is 4.20. The number of hydrogen-bond donors (Lipinski definition) is 1. The minimum atomic E-state index is 0.186. The first-order valence-electron chi connectivity index (χ1n) is 11.2. The van der Waals surface area contributed by atoms with E-state index in [0.717, 1.165) is 29.0 Å². The van der Waals surface area contributed by atoms with Gasteiger partial charge in [-0.05, 0) is 19.8 Å². The van der Waals surface area contributed by atoms with Crippen LogP contribution in [0.5, 0.6) is 17.2 Å². The van der Waals surface area contributed by atoms with Crippen LogP contribution in [0.4, 0.5) is 11.6 Å². The average molecular weight is 466 g/mol. The minimum absolute atomic E-state index is 0.186. The number of ether oxygens (including phenoxy) is 3. The zero-order valence-electron chi connectivity index (χ0n) is 20.7. The first-order valence-corrected chi connectivity index (χ1v) is 11.2. The largest absolute Gasteiger partial charge is 0.493 e. The van der Waals surface area contributed by atoms with Crippen molar-refractivity contribution in [1.29, 1.82) is 0 Å². The fraction of sp³-hybridized carbons (Fsp3) is 0.417. The predicted molar refractivity (Wildman–Crippen MR) is 131 cm³/mol. The summed E-state index contributed by atoms with van der Waals surface area (Å²) in [6.07, 6.45) is 6.17. The van der Waals surface area contributed by atoms with Crippen LogP contribution in [-0.2, 0) is 6.42 Å². The molecule has 34 heavy (non-hydrogen) atoms. The quantitative estimate of drug-likeness (QED) is 0.384. The summed E-state index contributed by atoms with van der Waals surface area (Å²) in [6, 6.07) is 3.91. The van der Waals surface area contributed by atoms with Gasteiger partial charge < -0.3 is 24.1 Å². The molecule has 1 aromatic carbocycles. The molecule has 0 aliphatic heterocycles. The van der Waals surface area contributed by atoms with Crippen molar-refractivity contribution < 1.29 is 14.2 Å². The molecule has 4 aromatic rings. The standard InChI is InChI=1S/C24H31N7O3/c1-14(2)8-20-27-23(17-11-26-31(15(3)4)24(17)29-20)28-21-12-30(13-25-21)16-9-18(32-5)22(34-7)19(10-16)33-6/h9-15H,8H2,1-7H3,(H,27,28,29). The first kappa shape index (κ1) is 23.3. The lowest BCUT2D eigenvalue weighted by Crippen LogP contribution is -2.08. The SMILES string of the molecule is COc1cc(-n2cnc(Nc3nc(CC(C)C)nc4c3cnn4C(C)C)c2)cc(OC)c1OC. The molecule has 0 spiro atoms. The van der Waals surface area contributed by atoms with Gasteiger partial charge in [-0.15, -0.1) is 0 Å². The van der Waals surface area contributed by atoms with Crippen molar-refractivity contribution in [1.82, 2.24) is 29.3 Å². The number of benzene rings is 1. The van der Waals surface area contributed by atoms with Crippen LogP contribution in [0.25, 0.3) is 16.7 Å². The number of nitrogens with one attached hydrogen (secondary N) is 1. The van der Waals surface area contributed by atoms with Crippen molar-refractivity contribution in [2.24, 2.45) is 5.92 Å². The zero-order chi connectivity index (χ0) is 24.4. The Morgan fingerprint density at radius 1 is 0.971 bits per heavy atom. The molecule has 0 amide bonds. The van der Waals surface area contributed by atoms with Gasteiger partial charge in [0, 0.05) is 24.6 Å². The van der Waals surface area contributed by atoms with Gasteiger partial charge in [-0.25, -0.2) is 19.6 Å². The van der Waals surface area contributed by atoms with Gasteiger partial charge in [-0.3, -0.25) is 0 Å². The van der Waals surface area contributed by atoms with E-state index in [9.17, 15) is 0 Å². The summed E-state index contributed by atoms with van der Waals surface area (Å²) in [5.41, 5.74) is 1.63. The molecule has 0 saturated carbocycles. The highest BCUT2D eigenvalue weighted by molar-refractivity contribution is 5.88. The Morgan fingerprint density at radius 2 is 1.68 bits per heavy atom. The highest BCUT2D eigenvalue weighted by atomic mass is 16.5. The van der Waals surface area contributed by atoms with Crippen molar-refractivity contribution in [2.45, 2.75) is 40.2 Å². The van der Waals surface area contributed by atoms with Crippen LogP contribution in [0.1, 0.15) is 39.6 Å². The molecule has 3 aromatic heterocycles. The van der Waals surface area contributed by atoms with E-state index in [1.54, 1.807) is 33.9 Å². The molecule has 3 heterocycles. The number of hydrogen-bond acceptors (Lipinski definition) is 8. The monoisotopic (exact) mass is 465 g/mol.